The molecule has 0 radical (unpaired) electrons. The Kier molecular flexibility index (Phi) is 7.51. The monoisotopic (exact) mass is 437 g/mol. The van der Waals surface area contributed by atoms with Crippen LogP contribution in [0.4, 0.5) is 13.2 Å². The van der Waals surface area contributed by atoms with Crippen LogP contribution in [0.5, 0.6) is 5.88 Å². The van der Waals surface area contributed by atoms with Gasteiger partial charge < -0.3 is 14.6 Å². The molecule has 0 spiro atoms. The SMILES string of the molecule is COC(=O)COc1cc(C(O)C(CC(F)(F)F)c2ccc(Cl)cc2Cl)ccn1. The van der Waals surface area contributed by atoms with E-state index in [9.17, 15) is 23.1 Å². The molecular weight excluding hydrogens is 422 g/mol. The van der Waals surface area contributed by atoms with Crippen molar-refractivity contribution in [2.24, 2.45) is 0 Å². The van der Waals surface area contributed by atoms with Crippen molar-refractivity contribution in [2.45, 2.75) is 24.6 Å². The molecule has 2 rings (SSSR count). The van der Waals surface area contributed by atoms with Crippen molar-refractivity contribution >= 4 is 29.2 Å². The van der Waals surface area contributed by atoms with E-state index in [1.165, 1.54) is 43.6 Å². The van der Waals surface area contributed by atoms with Crippen LogP contribution in [0, 0.1) is 0 Å². The van der Waals surface area contributed by atoms with Crippen molar-refractivity contribution in [1.82, 2.24) is 4.98 Å². The highest BCUT2D eigenvalue weighted by molar-refractivity contribution is 6.35. The average molecular weight is 438 g/mol. The number of benzene rings is 1. The van der Waals surface area contributed by atoms with Crippen LogP contribution in [0.1, 0.15) is 29.6 Å². The summed E-state index contributed by atoms with van der Waals surface area (Å²) in [4.78, 5) is 15.0. The molecule has 0 aliphatic rings. The van der Waals surface area contributed by atoms with Gasteiger partial charge in [0.25, 0.3) is 0 Å². The van der Waals surface area contributed by atoms with E-state index in [1.807, 2.05) is 0 Å². The van der Waals surface area contributed by atoms with Crippen molar-refractivity contribution in [3.05, 3.63) is 57.7 Å². The summed E-state index contributed by atoms with van der Waals surface area (Å²) >= 11 is 11.9. The van der Waals surface area contributed by atoms with E-state index in [0.29, 0.717) is 0 Å². The Morgan fingerprint density at radius 1 is 1.25 bits per heavy atom. The molecule has 2 unspecified atom stereocenters. The van der Waals surface area contributed by atoms with E-state index < -0.39 is 37.2 Å². The van der Waals surface area contributed by atoms with Crippen LogP contribution < -0.4 is 4.74 Å². The van der Waals surface area contributed by atoms with Crippen LogP contribution in [0.25, 0.3) is 0 Å². The van der Waals surface area contributed by atoms with E-state index in [1.54, 1.807) is 0 Å². The molecule has 28 heavy (non-hydrogen) atoms. The number of ether oxygens (including phenoxy) is 2. The molecule has 1 aromatic heterocycles. The molecule has 1 aromatic carbocycles. The molecule has 0 bridgehead atoms. The lowest BCUT2D eigenvalue weighted by Gasteiger charge is -2.26. The number of esters is 1. The summed E-state index contributed by atoms with van der Waals surface area (Å²) in [5.41, 5.74) is 0.222. The fourth-order valence-electron chi connectivity index (χ4n) is 2.55. The largest absolute Gasteiger partial charge is 0.466 e. The Balaban J connectivity index is 2.34. The molecule has 152 valence electrons. The van der Waals surface area contributed by atoms with Gasteiger partial charge in [-0.3, -0.25) is 0 Å². The fourth-order valence-corrected chi connectivity index (χ4v) is 3.10. The normalized spacial score (nSPS) is 13.7. The molecule has 0 saturated heterocycles. The summed E-state index contributed by atoms with van der Waals surface area (Å²) in [6, 6.07) is 6.66. The molecular formula is C18H16Cl2F3NO4. The van der Waals surface area contributed by atoms with E-state index in [0.717, 1.165) is 0 Å². The standard InChI is InChI=1S/C18H16Cl2F3NO4/c1-27-16(25)9-28-15-6-10(4-5-24-15)17(26)13(8-18(21,22)23)12-3-2-11(19)7-14(12)20/h2-7,13,17,26H,8-9H2,1H3. The summed E-state index contributed by atoms with van der Waals surface area (Å²) in [5.74, 6) is -2.09. The first kappa shape index (κ1) is 22.3. The van der Waals surface area contributed by atoms with Gasteiger partial charge in [0.05, 0.1) is 19.6 Å². The van der Waals surface area contributed by atoms with Crippen LogP contribution in [0.15, 0.2) is 36.5 Å². The number of nitrogens with zero attached hydrogens (tertiary/aromatic N) is 1. The van der Waals surface area contributed by atoms with Gasteiger partial charge in [0.15, 0.2) is 6.61 Å². The lowest BCUT2D eigenvalue weighted by molar-refractivity contribution is -0.145. The molecule has 2 atom stereocenters. The number of aliphatic hydroxyl groups is 1. The van der Waals surface area contributed by atoms with Crippen LogP contribution >= 0.6 is 23.2 Å². The van der Waals surface area contributed by atoms with Crippen LogP contribution in [-0.2, 0) is 9.53 Å². The van der Waals surface area contributed by atoms with Gasteiger partial charge in [-0.25, -0.2) is 9.78 Å². The lowest BCUT2D eigenvalue weighted by Crippen LogP contribution is -2.20. The molecule has 2 aromatic rings. The fraction of sp³-hybridized carbons (Fsp3) is 0.333. The minimum atomic E-state index is -4.55. The number of hydrogen-bond acceptors (Lipinski definition) is 5. The molecule has 5 nitrogen and oxygen atoms in total. The smallest absolute Gasteiger partial charge is 0.389 e. The summed E-state index contributed by atoms with van der Waals surface area (Å²) < 4.78 is 49.0. The zero-order chi connectivity index (χ0) is 20.9. The first-order valence-electron chi connectivity index (χ1n) is 7.96. The predicted molar refractivity (Wildman–Crippen MR) is 96.6 cm³/mol. The summed E-state index contributed by atoms with van der Waals surface area (Å²) in [6.07, 6.45) is -6.18. The maximum absolute atomic E-state index is 13.1. The Bertz CT molecular complexity index is 833. The number of carbonyl (C=O) groups is 1. The van der Waals surface area contributed by atoms with Gasteiger partial charge in [-0.1, -0.05) is 29.3 Å². The van der Waals surface area contributed by atoms with Crippen molar-refractivity contribution in [3.8, 4) is 5.88 Å². The van der Waals surface area contributed by atoms with Crippen molar-refractivity contribution in [3.63, 3.8) is 0 Å². The molecule has 0 aliphatic heterocycles. The van der Waals surface area contributed by atoms with Gasteiger partial charge in [-0.05, 0) is 29.3 Å². The Morgan fingerprint density at radius 2 is 1.96 bits per heavy atom. The minimum Gasteiger partial charge on any atom is -0.466 e. The highest BCUT2D eigenvalue weighted by Gasteiger charge is 2.37. The Morgan fingerprint density at radius 3 is 2.57 bits per heavy atom. The van der Waals surface area contributed by atoms with Crippen molar-refractivity contribution in [1.29, 1.82) is 0 Å². The number of hydrogen-bond donors (Lipinski definition) is 1. The number of aromatic nitrogens is 1. The second kappa shape index (κ2) is 9.45. The van der Waals surface area contributed by atoms with Gasteiger partial charge in [0.2, 0.25) is 5.88 Å². The molecule has 0 aliphatic carbocycles. The summed E-state index contributed by atoms with van der Waals surface area (Å²) in [5, 5.41) is 10.9. The van der Waals surface area contributed by atoms with E-state index in [2.05, 4.69) is 9.72 Å². The van der Waals surface area contributed by atoms with E-state index in [4.69, 9.17) is 27.9 Å². The minimum absolute atomic E-state index is 0.0111. The van der Waals surface area contributed by atoms with Crippen LogP contribution in [0.2, 0.25) is 10.0 Å². The summed E-state index contributed by atoms with van der Waals surface area (Å²) in [7, 11) is 1.18. The Hall–Kier alpha value is -2.03. The first-order chi connectivity index (χ1) is 13.1. The zero-order valence-electron chi connectivity index (χ0n) is 14.5. The van der Waals surface area contributed by atoms with Gasteiger partial charge in [0.1, 0.15) is 0 Å². The number of carbonyl (C=O) groups excluding carboxylic acids is 1. The third kappa shape index (κ3) is 6.25. The third-order valence-electron chi connectivity index (χ3n) is 3.86. The molecule has 1 heterocycles. The van der Waals surface area contributed by atoms with Crippen molar-refractivity contribution < 1.29 is 32.5 Å². The average Bonchev–Trinajstić information content (AvgIpc) is 2.63. The van der Waals surface area contributed by atoms with Gasteiger partial charge in [-0.15, -0.1) is 0 Å². The number of methoxy groups -OCH3 is 1. The maximum atomic E-state index is 13.1. The van der Waals surface area contributed by atoms with E-state index >= 15 is 0 Å². The number of alkyl halides is 3. The molecule has 0 amide bonds. The van der Waals surface area contributed by atoms with Crippen molar-refractivity contribution in [2.75, 3.05) is 13.7 Å². The quantitative estimate of drug-likeness (QED) is 0.635. The molecule has 0 fully saturated rings. The van der Waals surface area contributed by atoms with Crippen LogP contribution in [0.3, 0.4) is 0 Å². The topological polar surface area (TPSA) is 68.7 Å². The second-order valence-corrected chi connectivity index (χ2v) is 6.67. The molecule has 0 saturated carbocycles. The predicted octanol–water partition coefficient (Wildman–Crippen LogP) is 4.71. The van der Waals surface area contributed by atoms with E-state index in [-0.39, 0.29) is 27.1 Å². The number of pyridine rings is 1. The lowest BCUT2D eigenvalue weighted by atomic mass is 9.86. The number of halogens is 5. The highest BCUT2D eigenvalue weighted by atomic mass is 35.5. The summed E-state index contributed by atoms with van der Waals surface area (Å²) in [6.45, 7) is -0.432. The maximum Gasteiger partial charge on any atom is 0.389 e. The van der Waals surface area contributed by atoms with Gasteiger partial charge in [0, 0.05) is 28.2 Å². The van der Waals surface area contributed by atoms with Gasteiger partial charge >= 0.3 is 12.1 Å². The first-order valence-corrected chi connectivity index (χ1v) is 8.71. The molecule has 1 N–H and O–H groups in total. The number of rotatable bonds is 7. The number of aliphatic hydroxyl groups excluding tert-OH is 1. The third-order valence-corrected chi connectivity index (χ3v) is 4.42. The molecule has 10 heteroatoms. The highest BCUT2D eigenvalue weighted by Crippen LogP contribution is 2.43. The Labute approximate surface area is 169 Å². The van der Waals surface area contributed by atoms with Gasteiger partial charge in [-0.2, -0.15) is 13.2 Å². The zero-order valence-corrected chi connectivity index (χ0v) is 16.1. The second-order valence-electron chi connectivity index (χ2n) is 5.83. The van der Waals surface area contributed by atoms with Crippen LogP contribution in [-0.4, -0.2) is 36.0 Å².